The van der Waals surface area contributed by atoms with Crippen LogP contribution < -0.4 is 15.8 Å². The summed E-state index contributed by atoms with van der Waals surface area (Å²) in [6.45, 7) is 2.71. The Kier molecular flexibility index (Phi) is 7.29. The molecule has 1 aromatic carbocycles. The largest absolute Gasteiger partial charge is 0.481 e. The molecule has 202 valence electrons. The number of hydrogen-bond acceptors (Lipinski definition) is 8. The average Bonchev–Trinajstić information content (AvgIpc) is 3.60. The molecule has 0 spiro atoms. The first-order valence-corrected chi connectivity index (χ1v) is 13.5. The lowest BCUT2D eigenvalue weighted by Crippen LogP contribution is -2.48. The standard InChI is InChI=1S/C27H28N6O5S/c1-3-15(13-19-22(23(28)34)39-25(30-19)16-9-10-20(38-2)29-14-16)24(35)31-21-17-7-4-5-8-18(17)26(36)32-11-6-12-33(32)27(21)37/h4-5,7-10,14-15,21H,3,6,11-13H2,1-2H3,(H2,28,34)(H,31,35)/t15-,21+/m1/s1. The molecule has 2 aliphatic heterocycles. The van der Waals surface area contributed by atoms with Crippen molar-refractivity contribution in [3.63, 3.8) is 0 Å². The quantitative estimate of drug-likeness (QED) is 0.439. The van der Waals surface area contributed by atoms with E-state index in [1.807, 2.05) is 6.92 Å². The van der Waals surface area contributed by atoms with Crippen molar-refractivity contribution in [2.75, 3.05) is 20.2 Å². The predicted molar refractivity (Wildman–Crippen MR) is 143 cm³/mol. The van der Waals surface area contributed by atoms with E-state index in [-0.39, 0.29) is 29.0 Å². The van der Waals surface area contributed by atoms with Crippen LogP contribution in [0.4, 0.5) is 0 Å². The van der Waals surface area contributed by atoms with E-state index in [0.29, 0.717) is 59.2 Å². The second-order valence-corrected chi connectivity index (χ2v) is 10.3. The van der Waals surface area contributed by atoms with Crippen LogP contribution in [0.2, 0.25) is 0 Å². The molecule has 12 heteroatoms. The second kappa shape index (κ2) is 10.8. The van der Waals surface area contributed by atoms with E-state index in [1.54, 1.807) is 42.6 Å². The van der Waals surface area contributed by atoms with Gasteiger partial charge in [-0.3, -0.25) is 19.2 Å². The summed E-state index contributed by atoms with van der Waals surface area (Å²) >= 11 is 1.14. The molecule has 0 radical (unpaired) electrons. The summed E-state index contributed by atoms with van der Waals surface area (Å²) in [6, 6.07) is 9.31. The van der Waals surface area contributed by atoms with Gasteiger partial charge in [-0.1, -0.05) is 25.1 Å². The Morgan fingerprint density at radius 1 is 1.18 bits per heavy atom. The minimum Gasteiger partial charge on any atom is -0.481 e. The zero-order valence-electron chi connectivity index (χ0n) is 21.5. The number of fused-ring (bicyclic) bond motifs is 2. The lowest BCUT2D eigenvalue weighted by molar-refractivity contribution is -0.144. The van der Waals surface area contributed by atoms with Gasteiger partial charge in [0.25, 0.3) is 17.7 Å². The number of methoxy groups -OCH3 is 1. The number of thiazole rings is 1. The van der Waals surface area contributed by atoms with Crippen molar-refractivity contribution in [2.24, 2.45) is 11.7 Å². The lowest BCUT2D eigenvalue weighted by atomic mass is 9.95. The number of benzene rings is 1. The van der Waals surface area contributed by atoms with Crippen molar-refractivity contribution in [1.29, 1.82) is 0 Å². The summed E-state index contributed by atoms with van der Waals surface area (Å²) in [5.41, 5.74) is 7.61. The van der Waals surface area contributed by atoms with E-state index in [0.717, 1.165) is 11.3 Å². The number of aromatic nitrogens is 2. The molecule has 2 aromatic heterocycles. The molecule has 0 saturated carbocycles. The van der Waals surface area contributed by atoms with Crippen LogP contribution in [0.25, 0.3) is 10.6 Å². The molecule has 1 fully saturated rings. The van der Waals surface area contributed by atoms with Crippen LogP contribution in [-0.2, 0) is 16.0 Å². The van der Waals surface area contributed by atoms with Gasteiger partial charge in [-0.15, -0.1) is 11.3 Å². The second-order valence-electron chi connectivity index (χ2n) is 9.33. The summed E-state index contributed by atoms with van der Waals surface area (Å²) in [6.07, 6.45) is 2.84. The van der Waals surface area contributed by atoms with Crippen molar-refractivity contribution in [2.45, 2.75) is 32.2 Å². The van der Waals surface area contributed by atoms with Gasteiger partial charge < -0.3 is 15.8 Å². The summed E-state index contributed by atoms with van der Waals surface area (Å²) in [4.78, 5) is 61.6. The Labute approximate surface area is 228 Å². The molecule has 0 bridgehead atoms. The number of carbonyl (C=O) groups is 4. The summed E-state index contributed by atoms with van der Waals surface area (Å²) in [7, 11) is 1.52. The topological polar surface area (TPSA) is 148 Å². The van der Waals surface area contributed by atoms with Gasteiger partial charge in [-0.2, -0.15) is 0 Å². The third-order valence-corrected chi connectivity index (χ3v) is 8.13. The first kappa shape index (κ1) is 26.3. The fraction of sp³-hybridized carbons (Fsp3) is 0.333. The monoisotopic (exact) mass is 548 g/mol. The van der Waals surface area contributed by atoms with Crippen LogP contribution in [-0.4, -0.2) is 63.8 Å². The molecule has 39 heavy (non-hydrogen) atoms. The normalized spacial score (nSPS) is 17.3. The van der Waals surface area contributed by atoms with Crippen molar-refractivity contribution in [3.8, 4) is 16.5 Å². The number of amides is 4. The van der Waals surface area contributed by atoms with Crippen molar-refractivity contribution >= 4 is 35.0 Å². The zero-order chi connectivity index (χ0) is 27.7. The van der Waals surface area contributed by atoms with E-state index in [9.17, 15) is 19.2 Å². The smallest absolute Gasteiger partial charge is 0.272 e. The molecule has 3 aromatic rings. The first-order valence-electron chi connectivity index (χ1n) is 12.6. The van der Waals surface area contributed by atoms with E-state index >= 15 is 0 Å². The molecule has 4 heterocycles. The van der Waals surface area contributed by atoms with Gasteiger partial charge in [0, 0.05) is 48.8 Å². The maximum atomic E-state index is 13.6. The maximum Gasteiger partial charge on any atom is 0.272 e. The molecule has 11 nitrogen and oxygen atoms in total. The lowest BCUT2D eigenvalue weighted by Gasteiger charge is -2.28. The fourth-order valence-corrected chi connectivity index (χ4v) is 5.84. The van der Waals surface area contributed by atoms with Crippen LogP contribution in [0.15, 0.2) is 42.6 Å². The van der Waals surface area contributed by atoms with Gasteiger partial charge in [0.05, 0.1) is 12.8 Å². The highest BCUT2D eigenvalue weighted by Gasteiger charge is 2.42. The van der Waals surface area contributed by atoms with Crippen LogP contribution in [0.3, 0.4) is 0 Å². The number of hydrogen-bond donors (Lipinski definition) is 2. The number of ether oxygens (including phenoxy) is 1. The molecule has 3 N–H and O–H groups in total. The molecular formula is C27H28N6O5S. The average molecular weight is 549 g/mol. The molecule has 0 unspecified atom stereocenters. The molecule has 4 amide bonds. The first-order chi connectivity index (χ1) is 18.8. The highest BCUT2D eigenvalue weighted by molar-refractivity contribution is 7.17. The zero-order valence-corrected chi connectivity index (χ0v) is 22.4. The maximum absolute atomic E-state index is 13.6. The van der Waals surface area contributed by atoms with Gasteiger partial charge in [-0.25, -0.2) is 20.0 Å². The number of nitrogens with two attached hydrogens (primary N) is 1. The molecule has 2 atom stereocenters. The number of primary amides is 1. The summed E-state index contributed by atoms with van der Waals surface area (Å²) < 4.78 is 5.10. The third-order valence-electron chi connectivity index (χ3n) is 6.97. The Morgan fingerprint density at radius 3 is 2.64 bits per heavy atom. The van der Waals surface area contributed by atoms with Gasteiger partial charge in [-0.05, 0) is 30.5 Å². The molecule has 2 aliphatic rings. The molecular weight excluding hydrogens is 520 g/mol. The Hall–Kier alpha value is -4.32. The predicted octanol–water partition coefficient (Wildman–Crippen LogP) is 2.34. The van der Waals surface area contributed by atoms with Gasteiger partial charge in [0.1, 0.15) is 15.9 Å². The van der Waals surface area contributed by atoms with Gasteiger partial charge in [0.2, 0.25) is 11.8 Å². The van der Waals surface area contributed by atoms with E-state index in [4.69, 9.17) is 10.5 Å². The van der Waals surface area contributed by atoms with E-state index in [2.05, 4.69) is 15.3 Å². The summed E-state index contributed by atoms with van der Waals surface area (Å²) in [5.74, 6) is -1.76. The highest BCUT2D eigenvalue weighted by Crippen LogP contribution is 2.32. The fourth-order valence-electron chi connectivity index (χ4n) is 4.91. The molecule has 1 saturated heterocycles. The van der Waals surface area contributed by atoms with Crippen molar-refractivity contribution < 1.29 is 23.9 Å². The number of carbonyl (C=O) groups excluding carboxylic acids is 4. The van der Waals surface area contributed by atoms with Crippen LogP contribution >= 0.6 is 11.3 Å². The van der Waals surface area contributed by atoms with Crippen LogP contribution in [0, 0.1) is 5.92 Å². The van der Waals surface area contributed by atoms with Crippen LogP contribution in [0.5, 0.6) is 5.88 Å². The van der Waals surface area contributed by atoms with Gasteiger partial charge in [0.15, 0.2) is 0 Å². The van der Waals surface area contributed by atoms with Crippen LogP contribution in [0.1, 0.15) is 57.1 Å². The number of pyridine rings is 1. The minimum absolute atomic E-state index is 0.151. The Balaban J connectivity index is 1.41. The van der Waals surface area contributed by atoms with E-state index in [1.165, 1.54) is 17.1 Å². The number of nitrogens with zero attached hydrogens (tertiary/aromatic N) is 4. The van der Waals surface area contributed by atoms with Gasteiger partial charge >= 0.3 is 0 Å². The minimum atomic E-state index is -1.01. The van der Waals surface area contributed by atoms with Crippen molar-refractivity contribution in [3.05, 3.63) is 64.3 Å². The van der Waals surface area contributed by atoms with Crippen molar-refractivity contribution in [1.82, 2.24) is 25.3 Å². The Morgan fingerprint density at radius 2 is 1.95 bits per heavy atom. The molecule has 0 aliphatic carbocycles. The number of nitrogens with one attached hydrogen (secondary N) is 1. The van der Waals surface area contributed by atoms with E-state index < -0.39 is 17.9 Å². The SMILES string of the molecule is CC[C@H](Cc1nc(-c2ccc(OC)nc2)sc1C(N)=O)C(=O)N[C@@H]1C(=O)N2CCCN2C(=O)c2ccccc21. The number of rotatable bonds is 8. The Bertz CT molecular complexity index is 1440. The molecule has 5 rings (SSSR count). The highest BCUT2D eigenvalue weighted by atomic mass is 32.1. The number of hydrazine groups is 1. The third kappa shape index (κ3) is 4.94. The summed E-state index contributed by atoms with van der Waals surface area (Å²) in [5, 5.41) is 6.32.